The van der Waals surface area contributed by atoms with Crippen LogP contribution in [-0.2, 0) is 9.47 Å². The minimum atomic E-state index is -0.168. The van der Waals surface area contributed by atoms with Crippen LogP contribution in [-0.4, -0.2) is 38.4 Å². The fourth-order valence-corrected chi connectivity index (χ4v) is 2.03. The summed E-state index contributed by atoms with van der Waals surface area (Å²) in [5, 5.41) is 3.31. The molecule has 1 atom stereocenters. The molecular formula is C12H13BrClNO3. The molecule has 2 rings (SSSR count). The number of rotatable bonds is 3. The summed E-state index contributed by atoms with van der Waals surface area (Å²) in [6, 6.07) is 5.08. The molecule has 1 aromatic carbocycles. The molecule has 18 heavy (non-hydrogen) atoms. The first kappa shape index (κ1) is 13.8. The Kier molecular flexibility index (Phi) is 5.00. The van der Waals surface area contributed by atoms with Crippen molar-refractivity contribution in [2.24, 2.45) is 0 Å². The third-order valence-corrected chi connectivity index (χ3v) is 3.79. The highest BCUT2D eigenvalue weighted by Gasteiger charge is 2.16. The highest BCUT2D eigenvalue weighted by atomic mass is 79.9. The number of amides is 1. The molecule has 98 valence electrons. The van der Waals surface area contributed by atoms with Crippen LogP contribution in [0.1, 0.15) is 10.4 Å². The Hall–Kier alpha value is -0.620. The predicted octanol–water partition coefficient (Wildman–Crippen LogP) is 2.25. The summed E-state index contributed by atoms with van der Waals surface area (Å²) in [4.78, 5) is 11.9. The number of carbonyl (C=O) groups is 1. The molecule has 1 fully saturated rings. The van der Waals surface area contributed by atoms with Crippen LogP contribution in [0.25, 0.3) is 0 Å². The molecule has 4 nitrogen and oxygen atoms in total. The quantitative estimate of drug-likeness (QED) is 0.922. The summed E-state index contributed by atoms with van der Waals surface area (Å²) in [5.41, 5.74) is 0.528. The smallest absolute Gasteiger partial charge is 0.251 e. The number of hydrogen-bond acceptors (Lipinski definition) is 3. The SMILES string of the molecule is O=C(NCC1COCCO1)c1ccc(Br)c(Cl)c1. The molecule has 1 amide bonds. The first-order valence-electron chi connectivity index (χ1n) is 5.59. The topological polar surface area (TPSA) is 47.6 Å². The van der Waals surface area contributed by atoms with Gasteiger partial charge in [0.2, 0.25) is 0 Å². The predicted molar refractivity (Wildman–Crippen MR) is 72.0 cm³/mol. The zero-order valence-corrected chi connectivity index (χ0v) is 12.0. The molecule has 0 bridgehead atoms. The second-order valence-corrected chi connectivity index (χ2v) is 5.17. The molecule has 1 aliphatic heterocycles. The van der Waals surface area contributed by atoms with Crippen molar-refractivity contribution in [3.8, 4) is 0 Å². The van der Waals surface area contributed by atoms with E-state index in [-0.39, 0.29) is 12.0 Å². The number of carbonyl (C=O) groups excluding carboxylic acids is 1. The Labute approximate surface area is 119 Å². The van der Waals surface area contributed by atoms with Gasteiger partial charge in [0.15, 0.2) is 0 Å². The number of benzene rings is 1. The van der Waals surface area contributed by atoms with E-state index in [2.05, 4.69) is 21.2 Å². The van der Waals surface area contributed by atoms with Crippen molar-refractivity contribution in [2.75, 3.05) is 26.4 Å². The maximum absolute atomic E-state index is 11.9. The van der Waals surface area contributed by atoms with Gasteiger partial charge >= 0.3 is 0 Å². The molecule has 1 aliphatic rings. The number of halogens is 2. The average Bonchev–Trinajstić information content (AvgIpc) is 2.40. The molecule has 1 heterocycles. The highest BCUT2D eigenvalue weighted by Crippen LogP contribution is 2.23. The van der Waals surface area contributed by atoms with E-state index in [0.717, 1.165) is 4.47 Å². The van der Waals surface area contributed by atoms with Gasteiger partial charge in [-0.05, 0) is 34.1 Å². The first-order valence-corrected chi connectivity index (χ1v) is 6.76. The zero-order valence-electron chi connectivity index (χ0n) is 9.62. The second-order valence-electron chi connectivity index (χ2n) is 3.91. The summed E-state index contributed by atoms with van der Waals surface area (Å²) in [7, 11) is 0. The standard InChI is InChI=1S/C12H13BrClNO3/c13-10-2-1-8(5-11(10)14)12(16)15-6-9-7-17-3-4-18-9/h1-2,5,9H,3-4,6-7H2,(H,15,16). The molecule has 0 aromatic heterocycles. The Morgan fingerprint density at radius 3 is 3.00 bits per heavy atom. The van der Waals surface area contributed by atoms with E-state index in [1.807, 2.05) is 0 Å². The third-order valence-electron chi connectivity index (χ3n) is 2.56. The Balaban J connectivity index is 1.88. The van der Waals surface area contributed by atoms with Crippen LogP contribution in [0.5, 0.6) is 0 Å². The minimum absolute atomic E-state index is 0.0754. The lowest BCUT2D eigenvalue weighted by atomic mass is 10.2. The summed E-state index contributed by atoms with van der Waals surface area (Å²) in [5.74, 6) is -0.168. The van der Waals surface area contributed by atoms with Gasteiger partial charge in [0.1, 0.15) is 0 Å². The molecule has 1 aromatic rings. The van der Waals surface area contributed by atoms with Crippen LogP contribution >= 0.6 is 27.5 Å². The minimum Gasteiger partial charge on any atom is -0.376 e. The van der Waals surface area contributed by atoms with E-state index < -0.39 is 0 Å². The van der Waals surface area contributed by atoms with Crippen LogP contribution in [0.4, 0.5) is 0 Å². The average molecular weight is 335 g/mol. The Morgan fingerprint density at radius 1 is 1.50 bits per heavy atom. The molecule has 6 heteroatoms. The van der Waals surface area contributed by atoms with Gasteiger partial charge in [-0.25, -0.2) is 0 Å². The maximum Gasteiger partial charge on any atom is 0.251 e. The van der Waals surface area contributed by atoms with Crippen molar-refractivity contribution in [1.29, 1.82) is 0 Å². The monoisotopic (exact) mass is 333 g/mol. The number of hydrogen-bond donors (Lipinski definition) is 1. The van der Waals surface area contributed by atoms with Gasteiger partial charge < -0.3 is 14.8 Å². The molecular weight excluding hydrogens is 321 g/mol. The summed E-state index contributed by atoms with van der Waals surface area (Å²) in [6.45, 7) is 2.14. The largest absolute Gasteiger partial charge is 0.376 e. The van der Waals surface area contributed by atoms with Crippen molar-refractivity contribution < 1.29 is 14.3 Å². The Morgan fingerprint density at radius 2 is 2.33 bits per heavy atom. The third kappa shape index (κ3) is 3.68. The van der Waals surface area contributed by atoms with Gasteiger partial charge in [-0.15, -0.1) is 0 Å². The van der Waals surface area contributed by atoms with Crippen molar-refractivity contribution in [3.05, 3.63) is 33.3 Å². The Bertz CT molecular complexity index is 435. The van der Waals surface area contributed by atoms with Crippen LogP contribution in [0, 0.1) is 0 Å². The molecule has 0 saturated carbocycles. The first-order chi connectivity index (χ1) is 8.66. The molecule has 1 unspecified atom stereocenters. The summed E-state index contributed by atoms with van der Waals surface area (Å²) < 4.78 is 11.5. The molecule has 0 aliphatic carbocycles. The van der Waals surface area contributed by atoms with Crippen molar-refractivity contribution in [1.82, 2.24) is 5.32 Å². The molecule has 1 N–H and O–H groups in total. The van der Waals surface area contributed by atoms with Gasteiger partial charge in [0.05, 0.1) is 30.9 Å². The van der Waals surface area contributed by atoms with Crippen LogP contribution in [0.3, 0.4) is 0 Å². The van der Waals surface area contributed by atoms with E-state index in [0.29, 0.717) is 37.0 Å². The van der Waals surface area contributed by atoms with Crippen molar-refractivity contribution >= 4 is 33.4 Å². The molecule has 0 radical (unpaired) electrons. The second kappa shape index (κ2) is 6.52. The fourth-order valence-electron chi connectivity index (χ4n) is 1.60. The lowest BCUT2D eigenvalue weighted by Gasteiger charge is -2.23. The van der Waals surface area contributed by atoms with E-state index >= 15 is 0 Å². The molecule has 0 spiro atoms. The zero-order chi connectivity index (χ0) is 13.0. The van der Waals surface area contributed by atoms with E-state index in [4.69, 9.17) is 21.1 Å². The normalized spacial score (nSPS) is 19.6. The highest BCUT2D eigenvalue weighted by molar-refractivity contribution is 9.10. The lowest BCUT2D eigenvalue weighted by molar-refractivity contribution is -0.0855. The number of nitrogens with one attached hydrogen (secondary N) is 1. The van der Waals surface area contributed by atoms with Gasteiger partial charge in [0.25, 0.3) is 5.91 Å². The van der Waals surface area contributed by atoms with Gasteiger partial charge in [-0.1, -0.05) is 11.6 Å². The van der Waals surface area contributed by atoms with E-state index in [9.17, 15) is 4.79 Å². The molecule has 1 saturated heterocycles. The van der Waals surface area contributed by atoms with Crippen LogP contribution in [0.2, 0.25) is 5.02 Å². The van der Waals surface area contributed by atoms with E-state index in [1.165, 1.54) is 0 Å². The summed E-state index contributed by atoms with van der Waals surface area (Å²) in [6.07, 6.45) is -0.0754. The number of ether oxygens (including phenoxy) is 2. The van der Waals surface area contributed by atoms with Gasteiger partial charge in [0, 0.05) is 16.6 Å². The maximum atomic E-state index is 11.9. The summed E-state index contributed by atoms with van der Waals surface area (Å²) >= 11 is 9.22. The van der Waals surface area contributed by atoms with Crippen LogP contribution in [0.15, 0.2) is 22.7 Å². The van der Waals surface area contributed by atoms with Crippen molar-refractivity contribution in [2.45, 2.75) is 6.10 Å². The lowest BCUT2D eigenvalue weighted by Crippen LogP contribution is -2.39. The van der Waals surface area contributed by atoms with Gasteiger partial charge in [-0.2, -0.15) is 0 Å². The van der Waals surface area contributed by atoms with Crippen LogP contribution < -0.4 is 5.32 Å². The van der Waals surface area contributed by atoms with E-state index in [1.54, 1.807) is 18.2 Å². The van der Waals surface area contributed by atoms with Crippen molar-refractivity contribution in [3.63, 3.8) is 0 Å². The fraction of sp³-hybridized carbons (Fsp3) is 0.417. The van der Waals surface area contributed by atoms with Gasteiger partial charge in [-0.3, -0.25) is 4.79 Å².